The summed E-state index contributed by atoms with van der Waals surface area (Å²) in [5.41, 5.74) is 2.34. The van der Waals surface area contributed by atoms with Gasteiger partial charge in [0.25, 0.3) is 0 Å². The second-order valence-corrected chi connectivity index (χ2v) is 6.55. The number of guanidine groups is 1. The van der Waals surface area contributed by atoms with Gasteiger partial charge in [-0.05, 0) is 24.0 Å². The first-order valence-electron chi connectivity index (χ1n) is 9.59. The Labute approximate surface area is 162 Å². The highest BCUT2D eigenvalue weighted by Crippen LogP contribution is 2.15. The minimum absolute atomic E-state index is 0.259. The predicted octanol–water partition coefficient (Wildman–Crippen LogP) is 1.53. The Morgan fingerprint density at radius 2 is 2.07 bits per heavy atom. The Morgan fingerprint density at radius 3 is 2.81 bits per heavy atom. The quantitative estimate of drug-likeness (QED) is 0.348. The number of benzene rings is 1. The maximum absolute atomic E-state index is 11.8. The van der Waals surface area contributed by atoms with Gasteiger partial charge in [0.1, 0.15) is 0 Å². The van der Waals surface area contributed by atoms with Crippen LogP contribution < -0.4 is 10.6 Å². The van der Waals surface area contributed by atoms with E-state index in [1.807, 2.05) is 11.0 Å². The van der Waals surface area contributed by atoms with Crippen LogP contribution in [0.2, 0.25) is 0 Å². The van der Waals surface area contributed by atoms with Crippen molar-refractivity contribution in [3.05, 3.63) is 35.4 Å². The number of carbonyl (C=O) groups excluding carboxylic acids is 1. The summed E-state index contributed by atoms with van der Waals surface area (Å²) >= 11 is 0. The highest BCUT2D eigenvalue weighted by molar-refractivity contribution is 5.79. The molecule has 1 saturated heterocycles. The lowest BCUT2D eigenvalue weighted by atomic mass is 10.1. The van der Waals surface area contributed by atoms with Gasteiger partial charge in [-0.2, -0.15) is 0 Å². The minimum atomic E-state index is 0.259. The van der Waals surface area contributed by atoms with Gasteiger partial charge in [0.2, 0.25) is 5.91 Å². The summed E-state index contributed by atoms with van der Waals surface area (Å²) in [6, 6.07) is 8.35. The summed E-state index contributed by atoms with van der Waals surface area (Å²) in [4.78, 5) is 18.0. The molecular formula is C20H32N4O3. The van der Waals surface area contributed by atoms with Crippen molar-refractivity contribution in [3.63, 3.8) is 0 Å². The lowest BCUT2D eigenvalue weighted by molar-refractivity contribution is -0.128. The first kappa shape index (κ1) is 21.2. The molecule has 0 radical (unpaired) electrons. The van der Waals surface area contributed by atoms with Crippen molar-refractivity contribution in [1.82, 2.24) is 15.5 Å². The summed E-state index contributed by atoms with van der Waals surface area (Å²) in [5, 5.41) is 6.61. The summed E-state index contributed by atoms with van der Waals surface area (Å²) in [7, 11) is 3.43. The second-order valence-electron chi connectivity index (χ2n) is 6.55. The largest absolute Gasteiger partial charge is 0.382 e. The van der Waals surface area contributed by atoms with Crippen LogP contribution in [0, 0.1) is 0 Å². The summed E-state index contributed by atoms with van der Waals surface area (Å²) < 4.78 is 10.4. The van der Waals surface area contributed by atoms with Crippen molar-refractivity contribution in [2.24, 2.45) is 4.99 Å². The second kappa shape index (κ2) is 12.3. The molecule has 0 aliphatic carbocycles. The summed E-state index contributed by atoms with van der Waals surface area (Å²) in [5.74, 6) is 1.03. The van der Waals surface area contributed by atoms with Crippen molar-refractivity contribution >= 4 is 11.9 Å². The van der Waals surface area contributed by atoms with Gasteiger partial charge in [-0.3, -0.25) is 9.79 Å². The standard InChI is InChI=1S/C20H32N4O3/c1-21-20(22-9-5-11-27-13-12-26-2)23-15-17-6-3-7-18(14-17)16-24-10-4-8-19(24)25/h3,6-7,14H,4-5,8-13,15-16H2,1-2H3,(H2,21,22,23). The molecule has 2 rings (SSSR count). The molecule has 0 spiro atoms. The summed E-state index contributed by atoms with van der Waals surface area (Å²) in [6.07, 6.45) is 2.56. The Balaban J connectivity index is 1.69. The minimum Gasteiger partial charge on any atom is -0.382 e. The Kier molecular flexibility index (Phi) is 9.65. The lowest BCUT2D eigenvalue weighted by Gasteiger charge is -2.16. The van der Waals surface area contributed by atoms with Crippen molar-refractivity contribution in [1.29, 1.82) is 0 Å². The third-order valence-electron chi connectivity index (χ3n) is 4.41. The van der Waals surface area contributed by atoms with Crippen molar-refractivity contribution < 1.29 is 14.3 Å². The Morgan fingerprint density at radius 1 is 1.22 bits per heavy atom. The van der Waals surface area contributed by atoms with Crippen LogP contribution in [0.25, 0.3) is 0 Å². The van der Waals surface area contributed by atoms with E-state index in [9.17, 15) is 4.79 Å². The van der Waals surface area contributed by atoms with Crippen LogP contribution in [0.4, 0.5) is 0 Å². The Hall–Kier alpha value is -2.12. The first-order chi connectivity index (χ1) is 13.2. The van der Waals surface area contributed by atoms with Crippen molar-refractivity contribution in [2.45, 2.75) is 32.4 Å². The molecule has 1 fully saturated rings. The van der Waals surface area contributed by atoms with Crippen LogP contribution in [0.1, 0.15) is 30.4 Å². The molecule has 1 aliphatic heterocycles. The maximum Gasteiger partial charge on any atom is 0.222 e. The number of hydrogen-bond donors (Lipinski definition) is 2. The molecular weight excluding hydrogens is 344 g/mol. The average Bonchev–Trinajstić information content (AvgIpc) is 3.08. The average molecular weight is 377 g/mol. The van der Waals surface area contributed by atoms with Crippen LogP contribution >= 0.6 is 0 Å². The molecule has 150 valence electrons. The number of hydrogen-bond acceptors (Lipinski definition) is 4. The monoisotopic (exact) mass is 376 g/mol. The SMILES string of the molecule is CN=C(NCCCOCCOC)NCc1cccc(CN2CCCC2=O)c1. The molecule has 27 heavy (non-hydrogen) atoms. The smallest absolute Gasteiger partial charge is 0.222 e. The van der Waals surface area contributed by atoms with Gasteiger partial charge in [-0.1, -0.05) is 24.3 Å². The van der Waals surface area contributed by atoms with Gasteiger partial charge >= 0.3 is 0 Å². The van der Waals surface area contributed by atoms with Gasteiger partial charge in [-0.15, -0.1) is 0 Å². The van der Waals surface area contributed by atoms with Crippen molar-refractivity contribution in [2.75, 3.05) is 47.1 Å². The maximum atomic E-state index is 11.8. The molecule has 0 aromatic heterocycles. The van der Waals surface area contributed by atoms with Crippen LogP contribution in [-0.2, 0) is 27.4 Å². The third-order valence-corrected chi connectivity index (χ3v) is 4.41. The van der Waals surface area contributed by atoms with Crippen LogP contribution in [0.15, 0.2) is 29.3 Å². The van der Waals surface area contributed by atoms with E-state index in [4.69, 9.17) is 9.47 Å². The van der Waals surface area contributed by atoms with Crippen LogP contribution in [0.3, 0.4) is 0 Å². The zero-order chi connectivity index (χ0) is 19.3. The molecule has 7 heteroatoms. The summed E-state index contributed by atoms with van der Waals surface area (Å²) in [6.45, 7) is 5.00. The lowest BCUT2D eigenvalue weighted by Crippen LogP contribution is -2.37. The van der Waals surface area contributed by atoms with E-state index in [0.717, 1.165) is 31.9 Å². The van der Waals surface area contributed by atoms with E-state index >= 15 is 0 Å². The predicted molar refractivity (Wildman–Crippen MR) is 107 cm³/mol. The van der Waals surface area contributed by atoms with E-state index < -0.39 is 0 Å². The highest BCUT2D eigenvalue weighted by Gasteiger charge is 2.19. The molecule has 2 N–H and O–H groups in total. The fourth-order valence-electron chi connectivity index (χ4n) is 2.96. The molecule has 0 unspecified atom stereocenters. The molecule has 0 saturated carbocycles. The number of likely N-dealkylation sites (tertiary alicyclic amines) is 1. The molecule has 1 heterocycles. The molecule has 0 atom stereocenters. The van der Waals surface area contributed by atoms with Crippen molar-refractivity contribution in [3.8, 4) is 0 Å². The number of ether oxygens (including phenoxy) is 2. The van der Waals surface area contributed by atoms with Gasteiger partial charge < -0.3 is 25.0 Å². The van der Waals surface area contributed by atoms with E-state index in [1.165, 1.54) is 11.1 Å². The molecule has 0 bridgehead atoms. The fourth-order valence-corrected chi connectivity index (χ4v) is 2.96. The molecule has 1 amide bonds. The van der Waals surface area contributed by atoms with E-state index in [0.29, 0.717) is 39.3 Å². The van der Waals surface area contributed by atoms with Crippen LogP contribution in [0.5, 0.6) is 0 Å². The topological polar surface area (TPSA) is 75.2 Å². The Bertz CT molecular complexity index is 607. The van der Waals surface area contributed by atoms with Gasteiger partial charge in [0, 0.05) is 53.4 Å². The zero-order valence-electron chi connectivity index (χ0n) is 16.5. The molecule has 1 aromatic carbocycles. The number of nitrogens with zero attached hydrogens (tertiary/aromatic N) is 2. The van der Waals surface area contributed by atoms with Gasteiger partial charge in [0.15, 0.2) is 5.96 Å². The van der Waals surface area contributed by atoms with E-state index in [2.05, 4.69) is 33.8 Å². The number of nitrogens with one attached hydrogen (secondary N) is 2. The molecule has 1 aliphatic rings. The third kappa shape index (κ3) is 7.97. The molecule has 1 aromatic rings. The normalized spacial score (nSPS) is 14.7. The number of methoxy groups -OCH3 is 1. The highest BCUT2D eigenvalue weighted by atomic mass is 16.5. The number of carbonyl (C=O) groups is 1. The molecule has 7 nitrogen and oxygen atoms in total. The van der Waals surface area contributed by atoms with E-state index in [-0.39, 0.29) is 5.91 Å². The zero-order valence-corrected chi connectivity index (χ0v) is 16.5. The number of amides is 1. The fraction of sp³-hybridized carbons (Fsp3) is 0.600. The van der Waals surface area contributed by atoms with E-state index in [1.54, 1.807) is 14.2 Å². The van der Waals surface area contributed by atoms with Gasteiger partial charge in [-0.25, -0.2) is 0 Å². The number of aliphatic imine (C=N–C) groups is 1. The van der Waals surface area contributed by atoms with Crippen LogP contribution in [-0.4, -0.2) is 63.8 Å². The van der Waals surface area contributed by atoms with Gasteiger partial charge in [0.05, 0.1) is 13.2 Å². The first-order valence-corrected chi connectivity index (χ1v) is 9.59. The number of rotatable bonds is 11.